The molecule has 0 aromatic heterocycles. The van der Waals surface area contributed by atoms with Crippen molar-refractivity contribution >= 4 is 50.1 Å². The summed E-state index contributed by atoms with van der Waals surface area (Å²) in [6.07, 6.45) is 0.748. The molecule has 2 aromatic carbocycles. The minimum absolute atomic E-state index is 0.0688. The molecule has 2 rings (SSSR count). The predicted octanol–water partition coefficient (Wildman–Crippen LogP) is 5.58. The Hall–Kier alpha value is -0.260. The van der Waals surface area contributed by atoms with E-state index in [1.54, 1.807) is 7.11 Å². The van der Waals surface area contributed by atoms with E-state index in [-0.39, 0.29) is 5.38 Å². The minimum Gasteiger partial charge on any atom is -0.496 e. The molecule has 4 heteroatoms. The lowest BCUT2D eigenvalue weighted by Crippen LogP contribution is -2.00. The maximum atomic E-state index is 6.57. The van der Waals surface area contributed by atoms with Gasteiger partial charge in [0.1, 0.15) is 5.75 Å². The van der Waals surface area contributed by atoms with Crippen LogP contribution < -0.4 is 4.74 Å². The first-order valence-electron chi connectivity index (χ1n) is 5.82. The minimum atomic E-state index is -0.0688. The van der Waals surface area contributed by atoms with Crippen LogP contribution in [0.2, 0.25) is 0 Å². The van der Waals surface area contributed by atoms with Crippen molar-refractivity contribution in [1.29, 1.82) is 0 Å². The number of para-hydroxylation sites is 1. The van der Waals surface area contributed by atoms with Gasteiger partial charge in [0.15, 0.2) is 0 Å². The Kier molecular flexibility index (Phi) is 5.54. The maximum Gasteiger partial charge on any atom is 0.122 e. The van der Waals surface area contributed by atoms with Crippen LogP contribution in [0, 0.1) is 3.57 Å². The highest BCUT2D eigenvalue weighted by Crippen LogP contribution is 2.33. The highest BCUT2D eigenvalue weighted by atomic mass is 127. The van der Waals surface area contributed by atoms with Crippen LogP contribution in [0.1, 0.15) is 16.5 Å². The summed E-state index contributed by atoms with van der Waals surface area (Å²) in [7, 11) is 1.69. The van der Waals surface area contributed by atoms with Crippen molar-refractivity contribution in [3.8, 4) is 5.75 Å². The van der Waals surface area contributed by atoms with Crippen LogP contribution in [0.5, 0.6) is 5.75 Å². The van der Waals surface area contributed by atoms with Gasteiger partial charge in [0.2, 0.25) is 0 Å². The second kappa shape index (κ2) is 6.95. The van der Waals surface area contributed by atoms with Crippen molar-refractivity contribution in [2.24, 2.45) is 0 Å². The molecular formula is C15H13BrClIO. The van der Waals surface area contributed by atoms with E-state index in [4.69, 9.17) is 16.3 Å². The van der Waals surface area contributed by atoms with Gasteiger partial charge in [-0.05, 0) is 64.4 Å². The maximum absolute atomic E-state index is 6.57. The Morgan fingerprint density at radius 1 is 1.26 bits per heavy atom. The molecule has 19 heavy (non-hydrogen) atoms. The highest BCUT2D eigenvalue weighted by Gasteiger charge is 2.15. The van der Waals surface area contributed by atoms with Gasteiger partial charge in [-0.25, -0.2) is 0 Å². The van der Waals surface area contributed by atoms with Crippen molar-refractivity contribution in [3.63, 3.8) is 0 Å². The highest BCUT2D eigenvalue weighted by molar-refractivity contribution is 14.1. The normalized spacial score (nSPS) is 12.2. The summed E-state index contributed by atoms with van der Waals surface area (Å²) in [5, 5.41) is -0.0688. The molecule has 0 saturated carbocycles. The standard InChI is InChI=1S/C15H13BrClIO/c1-19-15-5-3-2-4-10(15)8-13(17)12-9-11(16)6-7-14(12)18/h2-7,9,13H,8H2,1H3. The Labute approximate surface area is 140 Å². The number of halogens is 3. The zero-order chi connectivity index (χ0) is 13.8. The van der Waals surface area contributed by atoms with E-state index >= 15 is 0 Å². The monoisotopic (exact) mass is 450 g/mol. The van der Waals surface area contributed by atoms with E-state index < -0.39 is 0 Å². The van der Waals surface area contributed by atoms with Crippen molar-refractivity contribution in [1.82, 2.24) is 0 Å². The quantitative estimate of drug-likeness (QED) is 0.435. The topological polar surface area (TPSA) is 9.23 Å². The van der Waals surface area contributed by atoms with Gasteiger partial charge >= 0.3 is 0 Å². The molecular weight excluding hydrogens is 438 g/mol. The van der Waals surface area contributed by atoms with Crippen LogP contribution in [0.15, 0.2) is 46.9 Å². The largest absolute Gasteiger partial charge is 0.496 e. The number of rotatable bonds is 4. The van der Waals surface area contributed by atoms with Crippen LogP contribution in [0.4, 0.5) is 0 Å². The number of methoxy groups -OCH3 is 1. The second-order valence-corrected chi connectivity index (χ2v) is 6.75. The van der Waals surface area contributed by atoms with Gasteiger partial charge in [0.05, 0.1) is 12.5 Å². The first-order valence-corrected chi connectivity index (χ1v) is 8.13. The Balaban J connectivity index is 2.25. The number of hydrogen-bond acceptors (Lipinski definition) is 1. The average Bonchev–Trinajstić information content (AvgIpc) is 2.42. The van der Waals surface area contributed by atoms with Crippen molar-refractivity contribution < 1.29 is 4.74 Å². The van der Waals surface area contributed by atoms with Crippen molar-refractivity contribution in [2.75, 3.05) is 7.11 Å². The van der Waals surface area contributed by atoms with Gasteiger partial charge in [0.25, 0.3) is 0 Å². The third-order valence-corrected chi connectivity index (χ3v) is 4.75. The number of hydrogen-bond donors (Lipinski definition) is 0. The first-order chi connectivity index (χ1) is 9.11. The van der Waals surface area contributed by atoms with Gasteiger partial charge in [-0.15, -0.1) is 11.6 Å². The summed E-state index contributed by atoms with van der Waals surface area (Å²) in [5.74, 6) is 0.887. The van der Waals surface area contributed by atoms with E-state index in [1.807, 2.05) is 24.3 Å². The molecule has 2 aromatic rings. The summed E-state index contributed by atoms with van der Waals surface area (Å²) < 4.78 is 7.59. The summed E-state index contributed by atoms with van der Waals surface area (Å²) in [5.41, 5.74) is 2.27. The van der Waals surface area contributed by atoms with E-state index in [9.17, 15) is 0 Å². The zero-order valence-electron chi connectivity index (χ0n) is 10.4. The zero-order valence-corrected chi connectivity index (χ0v) is 14.9. The lowest BCUT2D eigenvalue weighted by molar-refractivity contribution is 0.409. The average molecular weight is 452 g/mol. The second-order valence-electron chi connectivity index (χ2n) is 4.15. The van der Waals surface area contributed by atoms with Gasteiger partial charge < -0.3 is 4.74 Å². The number of alkyl halides is 1. The summed E-state index contributed by atoms with van der Waals surface area (Å²) in [6.45, 7) is 0. The van der Waals surface area contributed by atoms with Crippen molar-refractivity contribution in [3.05, 3.63) is 61.6 Å². The Bertz CT molecular complexity index is 574. The molecule has 0 amide bonds. The lowest BCUT2D eigenvalue weighted by Gasteiger charge is -2.14. The van der Waals surface area contributed by atoms with Crippen LogP contribution in [-0.2, 0) is 6.42 Å². The lowest BCUT2D eigenvalue weighted by atomic mass is 10.0. The summed E-state index contributed by atoms with van der Waals surface area (Å²) in [6, 6.07) is 14.2. The van der Waals surface area contributed by atoms with Crippen LogP contribution in [0.3, 0.4) is 0 Å². The van der Waals surface area contributed by atoms with E-state index in [2.05, 4.69) is 56.7 Å². The molecule has 0 saturated heterocycles. The smallest absolute Gasteiger partial charge is 0.122 e. The molecule has 0 heterocycles. The van der Waals surface area contributed by atoms with Gasteiger partial charge in [-0.1, -0.05) is 34.1 Å². The third kappa shape index (κ3) is 3.86. The molecule has 0 spiro atoms. The predicted molar refractivity (Wildman–Crippen MR) is 92.2 cm³/mol. The van der Waals surface area contributed by atoms with Gasteiger partial charge in [-0.2, -0.15) is 0 Å². The van der Waals surface area contributed by atoms with Crippen LogP contribution in [0.25, 0.3) is 0 Å². The SMILES string of the molecule is COc1ccccc1CC(Cl)c1cc(Br)ccc1I. The molecule has 0 aliphatic carbocycles. The molecule has 0 N–H and O–H groups in total. The van der Waals surface area contributed by atoms with Crippen molar-refractivity contribution in [2.45, 2.75) is 11.8 Å². The molecule has 1 unspecified atom stereocenters. The fourth-order valence-electron chi connectivity index (χ4n) is 1.93. The number of benzene rings is 2. The van der Waals surface area contributed by atoms with E-state index in [0.717, 1.165) is 27.8 Å². The molecule has 1 atom stereocenters. The third-order valence-electron chi connectivity index (χ3n) is 2.89. The fraction of sp³-hybridized carbons (Fsp3) is 0.200. The molecule has 0 aliphatic heterocycles. The number of ether oxygens (including phenoxy) is 1. The Morgan fingerprint density at radius 2 is 2.00 bits per heavy atom. The molecule has 1 nitrogen and oxygen atoms in total. The van der Waals surface area contributed by atoms with E-state index in [0.29, 0.717) is 0 Å². The molecule has 100 valence electrons. The first kappa shape index (κ1) is 15.1. The fourth-order valence-corrected chi connectivity index (χ4v) is 3.55. The molecule has 0 fully saturated rings. The summed E-state index contributed by atoms with van der Waals surface area (Å²) in [4.78, 5) is 0. The van der Waals surface area contributed by atoms with Crippen LogP contribution in [-0.4, -0.2) is 7.11 Å². The molecule has 0 radical (unpaired) electrons. The van der Waals surface area contributed by atoms with E-state index in [1.165, 1.54) is 3.57 Å². The van der Waals surface area contributed by atoms with Crippen LogP contribution >= 0.6 is 50.1 Å². The molecule has 0 bridgehead atoms. The Morgan fingerprint density at radius 3 is 2.74 bits per heavy atom. The van der Waals surface area contributed by atoms with Gasteiger partial charge in [-0.3, -0.25) is 0 Å². The summed E-state index contributed by atoms with van der Waals surface area (Å²) >= 11 is 12.4. The van der Waals surface area contributed by atoms with Gasteiger partial charge in [0, 0.05) is 8.04 Å². The molecule has 0 aliphatic rings.